The highest BCUT2D eigenvalue weighted by Gasteiger charge is 2.13. The molecule has 2 heteroatoms. The van der Waals surface area contributed by atoms with Crippen LogP contribution in [0.2, 0.25) is 0 Å². The Morgan fingerprint density at radius 1 is 1.38 bits per heavy atom. The van der Waals surface area contributed by atoms with Crippen LogP contribution in [0.15, 0.2) is 18.2 Å². The van der Waals surface area contributed by atoms with Crippen molar-refractivity contribution in [2.24, 2.45) is 0 Å². The van der Waals surface area contributed by atoms with E-state index in [1.165, 1.54) is 0 Å². The highest BCUT2D eigenvalue weighted by atomic mass is 16.5. The summed E-state index contributed by atoms with van der Waals surface area (Å²) < 4.78 is 5.26. The first-order valence-electron chi connectivity index (χ1n) is 5.81. The summed E-state index contributed by atoms with van der Waals surface area (Å²) in [5.74, 6) is 1.18. The molecule has 2 nitrogen and oxygen atoms in total. The molecule has 0 heterocycles. The van der Waals surface area contributed by atoms with Gasteiger partial charge in [0.1, 0.15) is 5.75 Å². The molecule has 0 aromatic heterocycles. The van der Waals surface area contributed by atoms with Gasteiger partial charge in [-0.05, 0) is 24.5 Å². The fourth-order valence-electron chi connectivity index (χ4n) is 1.53. The van der Waals surface area contributed by atoms with E-state index in [1.807, 2.05) is 32.0 Å². The minimum Gasteiger partial charge on any atom is -0.496 e. The van der Waals surface area contributed by atoms with Gasteiger partial charge in [-0.2, -0.15) is 5.26 Å². The second-order valence-electron chi connectivity index (χ2n) is 3.34. The van der Waals surface area contributed by atoms with Gasteiger partial charge in [-0.1, -0.05) is 33.8 Å². The van der Waals surface area contributed by atoms with E-state index in [9.17, 15) is 0 Å². The van der Waals surface area contributed by atoms with Gasteiger partial charge in [-0.3, -0.25) is 0 Å². The zero-order valence-corrected chi connectivity index (χ0v) is 10.9. The number of hydrogen-bond donors (Lipinski definition) is 0. The van der Waals surface area contributed by atoms with Crippen LogP contribution in [-0.4, -0.2) is 7.11 Å². The summed E-state index contributed by atoms with van der Waals surface area (Å²) in [5.41, 5.74) is 1.75. The van der Waals surface area contributed by atoms with Crippen molar-refractivity contribution in [3.05, 3.63) is 29.3 Å². The van der Waals surface area contributed by atoms with Gasteiger partial charge >= 0.3 is 0 Å². The average molecular weight is 219 g/mol. The second kappa shape index (κ2) is 7.76. The predicted molar refractivity (Wildman–Crippen MR) is 67.8 cm³/mol. The third-order valence-corrected chi connectivity index (χ3v) is 2.51. The Bertz CT molecular complexity index is 352. The van der Waals surface area contributed by atoms with E-state index < -0.39 is 0 Å². The van der Waals surface area contributed by atoms with Gasteiger partial charge in [-0.15, -0.1) is 0 Å². The summed E-state index contributed by atoms with van der Waals surface area (Å²) in [6.07, 6.45) is 1.01. The maximum atomic E-state index is 8.98. The van der Waals surface area contributed by atoms with Crippen molar-refractivity contribution in [1.29, 1.82) is 5.26 Å². The predicted octanol–water partition coefficient (Wildman–Crippen LogP) is 4.11. The molecule has 1 rings (SSSR count). The van der Waals surface area contributed by atoms with Crippen molar-refractivity contribution in [2.45, 2.75) is 40.0 Å². The topological polar surface area (TPSA) is 33.0 Å². The molecule has 1 unspecified atom stereocenters. The van der Waals surface area contributed by atoms with E-state index in [4.69, 9.17) is 10.00 Å². The minimum atomic E-state index is 0.362. The Labute approximate surface area is 98.9 Å². The van der Waals surface area contributed by atoms with Gasteiger partial charge in [0.05, 0.1) is 18.7 Å². The molecule has 0 amide bonds. The Balaban J connectivity index is 0.00000106. The molecule has 88 valence electrons. The standard InChI is InChI=1S/C12H15NO.C2H6/c1-4-9(2)12-10(8-13)6-5-7-11(12)14-3;1-2/h5-7,9H,4H2,1-3H3;1-2H3. The zero-order chi connectivity index (χ0) is 12.6. The second-order valence-corrected chi connectivity index (χ2v) is 3.34. The SMILES string of the molecule is CC.CCC(C)c1c(C#N)cccc1OC. The first-order valence-corrected chi connectivity index (χ1v) is 5.81. The molecule has 0 spiro atoms. The summed E-state index contributed by atoms with van der Waals surface area (Å²) in [6, 6.07) is 7.80. The lowest BCUT2D eigenvalue weighted by molar-refractivity contribution is 0.405. The van der Waals surface area contributed by atoms with E-state index in [-0.39, 0.29) is 0 Å². The highest BCUT2D eigenvalue weighted by Crippen LogP contribution is 2.31. The molecule has 0 fully saturated rings. The van der Waals surface area contributed by atoms with Crippen molar-refractivity contribution in [3.8, 4) is 11.8 Å². The van der Waals surface area contributed by atoms with Crippen LogP contribution in [0.5, 0.6) is 5.75 Å². The molecule has 0 saturated carbocycles. The highest BCUT2D eigenvalue weighted by molar-refractivity contribution is 5.48. The normalized spacial score (nSPS) is 10.8. The smallest absolute Gasteiger partial charge is 0.123 e. The van der Waals surface area contributed by atoms with Crippen molar-refractivity contribution in [1.82, 2.24) is 0 Å². The monoisotopic (exact) mass is 219 g/mol. The van der Waals surface area contributed by atoms with Crippen molar-refractivity contribution < 1.29 is 4.74 Å². The Hall–Kier alpha value is -1.49. The van der Waals surface area contributed by atoms with Gasteiger partial charge < -0.3 is 4.74 Å². The molecule has 1 aromatic carbocycles. The van der Waals surface area contributed by atoms with Gasteiger partial charge in [0.25, 0.3) is 0 Å². The van der Waals surface area contributed by atoms with Gasteiger partial charge in [0.2, 0.25) is 0 Å². The molecule has 0 aliphatic rings. The summed E-state index contributed by atoms with van der Waals surface area (Å²) in [6.45, 7) is 8.22. The van der Waals surface area contributed by atoms with Gasteiger partial charge in [-0.25, -0.2) is 0 Å². The number of rotatable bonds is 3. The maximum Gasteiger partial charge on any atom is 0.123 e. The van der Waals surface area contributed by atoms with Crippen molar-refractivity contribution >= 4 is 0 Å². The number of ether oxygens (including phenoxy) is 1. The molecular formula is C14H21NO. The maximum absolute atomic E-state index is 8.98. The molecule has 0 bridgehead atoms. The molecule has 0 radical (unpaired) electrons. The largest absolute Gasteiger partial charge is 0.496 e. The van der Waals surface area contributed by atoms with Crippen LogP contribution in [0.3, 0.4) is 0 Å². The summed E-state index contributed by atoms with van der Waals surface area (Å²) in [7, 11) is 1.64. The van der Waals surface area contributed by atoms with Crippen molar-refractivity contribution in [2.75, 3.05) is 7.11 Å². The fourth-order valence-corrected chi connectivity index (χ4v) is 1.53. The van der Waals surface area contributed by atoms with Crippen LogP contribution < -0.4 is 4.74 Å². The van der Waals surface area contributed by atoms with Crippen LogP contribution in [-0.2, 0) is 0 Å². The molecule has 1 atom stereocenters. The summed E-state index contributed by atoms with van der Waals surface area (Å²) in [4.78, 5) is 0. The van der Waals surface area contributed by atoms with Gasteiger partial charge in [0, 0.05) is 5.56 Å². The molecule has 1 aromatic rings. The number of nitriles is 1. The van der Waals surface area contributed by atoms with Crippen LogP contribution in [0.4, 0.5) is 0 Å². The molecule has 0 aliphatic carbocycles. The van der Waals surface area contributed by atoms with Gasteiger partial charge in [0.15, 0.2) is 0 Å². The first-order chi connectivity index (χ1) is 7.74. The lowest BCUT2D eigenvalue weighted by atomic mass is 9.93. The third-order valence-electron chi connectivity index (χ3n) is 2.51. The van der Waals surface area contributed by atoms with Crippen molar-refractivity contribution in [3.63, 3.8) is 0 Å². The van der Waals surface area contributed by atoms with E-state index in [0.29, 0.717) is 5.92 Å². The lowest BCUT2D eigenvalue weighted by Crippen LogP contribution is -1.99. The zero-order valence-electron chi connectivity index (χ0n) is 10.9. The first kappa shape index (κ1) is 14.5. The molecule has 16 heavy (non-hydrogen) atoms. The number of hydrogen-bond acceptors (Lipinski definition) is 2. The van der Waals surface area contributed by atoms with Crippen LogP contribution in [0, 0.1) is 11.3 Å². The minimum absolute atomic E-state index is 0.362. The molecular weight excluding hydrogens is 198 g/mol. The van der Waals surface area contributed by atoms with Crippen LogP contribution in [0.1, 0.15) is 51.2 Å². The van der Waals surface area contributed by atoms with E-state index in [0.717, 1.165) is 23.3 Å². The Morgan fingerprint density at radius 2 is 2.00 bits per heavy atom. The molecule has 0 saturated heterocycles. The molecule has 0 aliphatic heterocycles. The van der Waals surface area contributed by atoms with E-state index >= 15 is 0 Å². The quantitative estimate of drug-likeness (QED) is 0.766. The summed E-state index contributed by atoms with van der Waals surface area (Å²) >= 11 is 0. The van der Waals surface area contributed by atoms with Crippen LogP contribution >= 0.6 is 0 Å². The Morgan fingerprint density at radius 3 is 2.44 bits per heavy atom. The number of methoxy groups -OCH3 is 1. The molecule has 0 N–H and O–H groups in total. The Kier molecular flexibility index (Phi) is 7.03. The third kappa shape index (κ3) is 3.27. The number of nitrogens with zero attached hydrogens (tertiary/aromatic N) is 1. The fraction of sp³-hybridized carbons (Fsp3) is 0.500. The summed E-state index contributed by atoms with van der Waals surface area (Å²) in [5, 5.41) is 8.98. The average Bonchev–Trinajstić information content (AvgIpc) is 2.39. The van der Waals surface area contributed by atoms with E-state index in [1.54, 1.807) is 7.11 Å². The number of benzene rings is 1. The van der Waals surface area contributed by atoms with E-state index in [2.05, 4.69) is 19.9 Å². The lowest BCUT2D eigenvalue weighted by Gasteiger charge is -2.15. The van der Waals surface area contributed by atoms with Crippen LogP contribution in [0.25, 0.3) is 0 Å².